The lowest BCUT2D eigenvalue weighted by Gasteiger charge is -2.02. The van der Waals surface area contributed by atoms with E-state index in [9.17, 15) is 4.79 Å². The van der Waals surface area contributed by atoms with Crippen molar-refractivity contribution < 1.29 is 4.79 Å². The summed E-state index contributed by atoms with van der Waals surface area (Å²) in [5.41, 5.74) is 0. The Morgan fingerprint density at radius 2 is 2.50 bits per heavy atom. The van der Waals surface area contributed by atoms with Gasteiger partial charge in [-0.2, -0.15) is 11.8 Å². The highest BCUT2D eigenvalue weighted by molar-refractivity contribution is 7.98. The molecule has 0 saturated heterocycles. The first-order valence-electron chi connectivity index (χ1n) is 4.61. The van der Waals surface area contributed by atoms with Crippen LogP contribution in [0.5, 0.6) is 0 Å². The Hall–Kier alpha value is -0.480. The van der Waals surface area contributed by atoms with Gasteiger partial charge in [-0.25, -0.2) is 0 Å². The second kappa shape index (κ2) is 6.90. The van der Waals surface area contributed by atoms with Gasteiger partial charge in [-0.1, -0.05) is 6.07 Å². The molecule has 1 aromatic heterocycles. The van der Waals surface area contributed by atoms with E-state index >= 15 is 0 Å². The van der Waals surface area contributed by atoms with Gasteiger partial charge >= 0.3 is 0 Å². The summed E-state index contributed by atoms with van der Waals surface area (Å²) in [6.45, 7) is 0.758. The van der Waals surface area contributed by atoms with Crippen LogP contribution in [-0.2, 0) is 11.2 Å². The molecule has 2 nitrogen and oxygen atoms in total. The summed E-state index contributed by atoms with van der Waals surface area (Å²) in [6, 6.07) is 4.13. The minimum atomic E-state index is 0.163. The zero-order valence-corrected chi connectivity index (χ0v) is 9.92. The molecule has 0 radical (unpaired) electrons. The van der Waals surface area contributed by atoms with Crippen molar-refractivity contribution in [2.75, 3.05) is 18.6 Å². The van der Waals surface area contributed by atoms with Gasteiger partial charge in [0.2, 0.25) is 5.91 Å². The lowest BCUT2D eigenvalue weighted by atomic mass is 10.3. The zero-order chi connectivity index (χ0) is 10.2. The molecule has 78 valence electrons. The Labute approximate surface area is 93.1 Å². The maximum Gasteiger partial charge on any atom is 0.220 e. The maximum absolute atomic E-state index is 11.2. The number of carbonyl (C=O) groups is 1. The number of hydrogen-bond acceptors (Lipinski definition) is 3. The average Bonchev–Trinajstić information content (AvgIpc) is 2.67. The van der Waals surface area contributed by atoms with E-state index in [1.54, 1.807) is 23.1 Å². The third-order valence-corrected chi connectivity index (χ3v) is 3.36. The monoisotopic (exact) mass is 229 g/mol. The van der Waals surface area contributed by atoms with E-state index in [2.05, 4.69) is 16.8 Å². The van der Waals surface area contributed by atoms with Gasteiger partial charge in [-0.3, -0.25) is 4.79 Å². The highest BCUT2D eigenvalue weighted by Gasteiger charge is 1.99. The fraction of sp³-hybridized carbons (Fsp3) is 0.500. The summed E-state index contributed by atoms with van der Waals surface area (Å²) in [6.07, 6.45) is 3.59. The standard InChI is InChI=1S/C10H15NOS2/c1-13-8-5-10(12)11-6-4-9-3-2-7-14-9/h2-3,7H,4-6,8H2,1H3,(H,11,12). The molecule has 1 N–H and O–H groups in total. The van der Waals surface area contributed by atoms with Crippen molar-refractivity contribution in [3.05, 3.63) is 22.4 Å². The molecule has 0 atom stereocenters. The number of thioether (sulfide) groups is 1. The highest BCUT2D eigenvalue weighted by atomic mass is 32.2. The van der Waals surface area contributed by atoms with Crippen LogP contribution >= 0.6 is 23.1 Å². The molecule has 14 heavy (non-hydrogen) atoms. The number of nitrogens with one attached hydrogen (secondary N) is 1. The molecule has 1 rings (SSSR count). The molecule has 0 bridgehead atoms. The van der Waals surface area contributed by atoms with Crippen LogP contribution < -0.4 is 5.32 Å². The van der Waals surface area contributed by atoms with Crippen LogP contribution in [-0.4, -0.2) is 24.5 Å². The third kappa shape index (κ3) is 4.67. The van der Waals surface area contributed by atoms with E-state index in [0.29, 0.717) is 6.42 Å². The van der Waals surface area contributed by atoms with Crippen molar-refractivity contribution in [2.24, 2.45) is 0 Å². The average molecular weight is 229 g/mol. The Kier molecular flexibility index (Phi) is 5.71. The van der Waals surface area contributed by atoms with Crippen LogP contribution in [0.3, 0.4) is 0 Å². The molecular formula is C10H15NOS2. The number of hydrogen-bond donors (Lipinski definition) is 1. The molecule has 0 aliphatic heterocycles. The summed E-state index contributed by atoms with van der Waals surface area (Å²) in [5.74, 6) is 1.07. The molecule has 0 unspecified atom stereocenters. The van der Waals surface area contributed by atoms with Gasteiger partial charge in [0.05, 0.1) is 0 Å². The van der Waals surface area contributed by atoms with Gasteiger partial charge in [-0.15, -0.1) is 11.3 Å². The molecular weight excluding hydrogens is 214 g/mol. The summed E-state index contributed by atoms with van der Waals surface area (Å²) >= 11 is 3.44. The Balaban J connectivity index is 2.06. The SMILES string of the molecule is CSCCC(=O)NCCc1cccs1. The van der Waals surface area contributed by atoms with Crippen LogP contribution in [0, 0.1) is 0 Å². The van der Waals surface area contributed by atoms with Crippen molar-refractivity contribution in [1.82, 2.24) is 5.32 Å². The molecule has 0 aliphatic rings. The second-order valence-corrected chi connectivity index (χ2v) is 4.94. The van der Waals surface area contributed by atoms with Gasteiger partial charge in [-0.05, 0) is 24.1 Å². The highest BCUT2D eigenvalue weighted by Crippen LogP contribution is 2.08. The van der Waals surface area contributed by atoms with E-state index < -0.39 is 0 Å². The van der Waals surface area contributed by atoms with Crippen molar-refractivity contribution >= 4 is 29.0 Å². The van der Waals surface area contributed by atoms with E-state index in [1.807, 2.05) is 12.3 Å². The fourth-order valence-corrected chi connectivity index (χ4v) is 2.16. The largest absolute Gasteiger partial charge is 0.356 e. The third-order valence-electron chi connectivity index (χ3n) is 1.81. The fourth-order valence-electron chi connectivity index (χ4n) is 1.06. The lowest BCUT2D eigenvalue weighted by Crippen LogP contribution is -2.25. The van der Waals surface area contributed by atoms with Gasteiger partial charge in [0, 0.05) is 23.6 Å². The molecule has 0 aromatic carbocycles. The predicted octanol–water partition coefficient (Wildman–Crippen LogP) is 2.16. The maximum atomic E-state index is 11.2. The lowest BCUT2D eigenvalue weighted by molar-refractivity contribution is -0.120. The minimum Gasteiger partial charge on any atom is -0.356 e. The van der Waals surface area contributed by atoms with E-state index in [4.69, 9.17) is 0 Å². The van der Waals surface area contributed by atoms with Crippen molar-refractivity contribution in [3.63, 3.8) is 0 Å². The summed E-state index contributed by atoms with van der Waals surface area (Å²) in [4.78, 5) is 12.5. The second-order valence-electron chi connectivity index (χ2n) is 2.92. The summed E-state index contributed by atoms with van der Waals surface area (Å²) in [5, 5.41) is 4.97. The quantitative estimate of drug-likeness (QED) is 0.810. The number of rotatable bonds is 6. The van der Waals surface area contributed by atoms with Crippen molar-refractivity contribution in [3.8, 4) is 0 Å². The van der Waals surface area contributed by atoms with E-state index in [1.165, 1.54) is 4.88 Å². The van der Waals surface area contributed by atoms with Crippen LogP contribution in [0.4, 0.5) is 0 Å². The molecule has 1 heterocycles. The first-order chi connectivity index (χ1) is 6.83. The molecule has 4 heteroatoms. The Morgan fingerprint density at radius 3 is 3.14 bits per heavy atom. The number of thiophene rings is 1. The van der Waals surface area contributed by atoms with Crippen LogP contribution in [0.15, 0.2) is 17.5 Å². The van der Waals surface area contributed by atoms with Crippen molar-refractivity contribution in [1.29, 1.82) is 0 Å². The number of carbonyl (C=O) groups excluding carboxylic acids is 1. The molecule has 0 fully saturated rings. The zero-order valence-electron chi connectivity index (χ0n) is 8.29. The Bertz CT molecular complexity index is 259. The van der Waals surface area contributed by atoms with Gasteiger partial charge in [0.25, 0.3) is 0 Å². The summed E-state index contributed by atoms with van der Waals surface area (Å²) < 4.78 is 0. The Morgan fingerprint density at radius 1 is 1.64 bits per heavy atom. The first-order valence-corrected chi connectivity index (χ1v) is 6.88. The topological polar surface area (TPSA) is 29.1 Å². The summed E-state index contributed by atoms with van der Waals surface area (Å²) in [7, 11) is 0. The smallest absolute Gasteiger partial charge is 0.220 e. The molecule has 0 spiro atoms. The number of amides is 1. The minimum absolute atomic E-state index is 0.163. The molecule has 0 aliphatic carbocycles. The van der Waals surface area contributed by atoms with Gasteiger partial charge in [0.15, 0.2) is 0 Å². The van der Waals surface area contributed by atoms with E-state index in [0.717, 1.165) is 18.7 Å². The molecule has 0 saturated carbocycles. The van der Waals surface area contributed by atoms with Crippen LogP contribution in [0.25, 0.3) is 0 Å². The van der Waals surface area contributed by atoms with Crippen molar-refractivity contribution in [2.45, 2.75) is 12.8 Å². The molecule has 1 aromatic rings. The van der Waals surface area contributed by atoms with E-state index in [-0.39, 0.29) is 5.91 Å². The molecule has 1 amide bonds. The normalized spacial score (nSPS) is 10.1. The van der Waals surface area contributed by atoms with Crippen LogP contribution in [0.1, 0.15) is 11.3 Å². The predicted molar refractivity (Wildman–Crippen MR) is 64.0 cm³/mol. The van der Waals surface area contributed by atoms with Gasteiger partial charge in [0.1, 0.15) is 0 Å². The van der Waals surface area contributed by atoms with Crippen LogP contribution in [0.2, 0.25) is 0 Å². The first kappa shape index (κ1) is 11.6. The van der Waals surface area contributed by atoms with Gasteiger partial charge < -0.3 is 5.32 Å².